The highest BCUT2D eigenvalue weighted by molar-refractivity contribution is 7.90. The Hall–Kier alpha value is -4.71. The number of ether oxygens (including phenoxy) is 1. The van der Waals surface area contributed by atoms with Crippen LogP contribution in [0, 0.1) is 13.8 Å². The maximum Gasteiger partial charge on any atom is 0.269 e. The first kappa shape index (κ1) is 36.1. The van der Waals surface area contributed by atoms with Gasteiger partial charge in [0.15, 0.2) is 5.65 Å². The molecule has 1 amide bonds. The molecule has 0 bridgehead atoms. The molecule has 17 heteroatoms. The molecule has 4 heterocycles. The summed E-state index contributed by atoms with van der Waals surface area (Å²) in [6.45, 7) is 9.55. The fraction of sp³-hybridized carbons (Fsp3) is 0.324. The van der Waals surface area contributed by atoms with E-state index in [1.165, 1.54) is 23.8 Å². The Bertz CT molecular complexity index is 2300. The van der Waals surface area contributed by atoms with Crippen molar-refractivity contribution in [3.63, 3.8) is 0 Å². The molecule has 6 rings (SSSR count). The fourth-order valence-corrected chi connectivity index (χ4v) is 8.49. The van der Waals surface area contributed by atoms with Crippen molar-refractivity contribution < 1.29 is 26.4 Å². The number of aromatic nitrogens is 3. The number of aryl methyl sites for hydroxylation is 2. The third kappa shape index (κ3) is 7.96. The molecule has 1 saturated heterocycles. The molecule has 5 aromatic rings. The molecule has 1 aliphatic heterocycles. The molecular formula is C34H40N8O6S3. The van der Waals surface area contributed by atoms with Crippen LogP contribution in [0.5, 0.6) is 5.75 Å². The number of piperazine rings is 1. The Morgan fingerprint density at radius 3 is 2.35 bits per heavy atom. The molecule has 0 atom stereocenters. The highest BCUT2D eigenvalue weighted by atomic mass is 32.2. The van der Waals surface area contributed by atoms with Gasteiger partial charge in [0.25, 0.3) is 15.9 Å². The van der Waals surface area contributed by atoms with Gasteiger partial charge in [0, 0.05) is 56.9 Å². The van der Waals surface area contributed by atoms with Gasteiger partial charge in [-0.25, -0.2) is 20.8 Å². The number of fused-ring (bicyclic) bond motifs is 1. The number of nitrogens with one attached hydrogen (secondary N) is 2. The van der Waals surface area contributed by atoms with Crippen LogP contribution in [-0.2, 0) is 19.9 Å². The summed E-state index contributed by atoms with van der Waals surface area (Å²) in [6, 6.07) is 13.8. The van der Waals surface area contributed by atoms with Gasteiger partial charge in [0.2, 0.25) is 5.95 Å². The average Bonchev–Trinajstić information content (AvgIpc) is 3.73. The predicted octanol–water partition coefficient (Wildman–Crippen LogP) is 4.50. The molecule has 3 aromatic heterocycles. The number of carbonyl (C=O) groups excluding carboxylic acids is 1. The molecule has 270 valence electrons. The highest BCUT2D eigenvalue weighted by Crippen LogP contribution is 2.37. The molecular weight excluding hydrogens is 713 g/mol. The van der Waals surface area contributed by atoms with Gasteiger partial charge in [0.1, 0.15) is 26.3 Å². The van der Waals surface area contributed by atoms with Gasteiger partial charge in [0.05, 0.1) is 34.0 Å². The van der Waals surface area contributed by atoms with Crippen LogP contribution < -0.4 is 26.0 Å². The van der Waals surface area contributed by atoms with E-state index in [1.54, 1.807) is 41.8 Å². The Labute approximate surface area is 301 Å². The second kappa shape index (κ2) is 14.5. The van der Waals surface area contributed by atoms with Gasteiger partial charge in [-0.15, -0.1) is 11.3 Å². The van der Waals surface area contributed by atoms with Gasteiger partial charge in [-0.2, -0.15) is 9.97 Å². The highest BCUT2D eigenvalue weighted by Gasteiger charge is 2.25. The first-order chi connectivity index (χ1) is 24.2. The molecule has 1 fully saturated rings. The summed E-state index contributed by atoms with van der Waals surface area (Å²) in [5.41, 5.74) is 9.60. The molecule has 0 aliphatic carbocycles. The van der Waals surface area contributed by atoms with Gasteiger partial charge < -0.3 is 26.0 Å². The van der Waals surface area contributed by atoms with Crippen LogP contribution in [0.15, 0.2) is 65.0 Å². The zero-order valence-corrected chi connectivity index (χ0v) is 31.2. The van der Waals surface area contributed by atoms with Gasteiger partial charge >= 0.3 is 0 Å². The molecule has 4 N–H and O–H groups in total. The van der Waals surface area contributed by atoms with E-state index in [0.717, 1.165) is 47.0 Å². The summed E-state index contributed by atoms with van der Waals surface area (Å²) in [7, 11) is -7.09. The molecule has 0 unspecified atom stereocenters. The van der Waals surface area contributed by atoms with Crippen molar-refractivity contribution in [2.45, 2.75) is 25.7 Å². The zero-order chi connectivity index (χ0) is 36.5. The lowest BCUT2D eigenvalue weighted by Gasteiger charge is -2.37. The minimum absolute atomic E-state index is 0.0903. The van der Waals surface area contributed by atoms with E-state index in [2.05, 4.69) is 20.4 Å². The summed E-state index contributed by atoms with van der Waals surface area (Å²) < 4.78 is 58.3. The number of benzene rings is 2. The quantitative estimate of drug-likeness (QED) is 0.154. The van der Waals surface area contributed by atoms with E-state index in [-0.39, 0.29) is 28.1 Å². The lowest BCUT2D eigenvalue weighted by atomic mass is 10.1. The number of carbonyl (C=O) groups is 1. The number of primary amides is 1. The minimum atomic E-state index is -4.05. The second-order valence-corrected chi connectivity index (χ2v) is 17.4. The van der Waals surface area contributed by atoms with Crippen LogP contribution in [0.4, 0.5) is 28.8 Å². The molecule has 14 nitrogen and oxygen atoms in total. The Morgan fingerprint density at radius 1 is 0.961 bits per heavy atom. The van der Waals surface area contributed by atoms with Crippen LogP contribution >= 0.6 is 11.3 Å². The Kier molecular flexibility index (Phi) is 10.3. The Balaban J connectivity index is 1.37. The van der Waals surface area contributed by atoms with Crippen molar-refractivity contribution in [1.29, 1.82) is 0 Å². The van der Waals surface area contributed by atoms with E-state index in [1.807, 2.05) is 32.9 Å². The van der Waals surface area contributed by atoms with Crippen molar-refractivity contribution in [3.8, 4) is 5.75 Å². The molecule has 1 aliphatic rings. The van der Waals surface area contributed by atoms with E-state index < -0.39 is 25.8 Å². The third-order valence-electron chi connectivity index (χ3n) is 8.57. The van der Waals surface area contributed by atoms with Crippen LogP contribution in [0.25, 0.3) is 11.0 Å². The SMILES string of the molecule is CCOc1cc(N2CCN(CCS(C)(=O)=O)CC2)c(C)cc1Nc1nc(Nc2ccsc2C(N)=O)c2ccn(S(=O)(=O)c3ccc(C)cc3)c2n1. The molecule has 0 radical (unpaired) electrons. The number of hydrogen-bond acceptors (Lipinski definition) is 13. The van der Waals surface area contributed by atoms with E-state index in [0.29, 0.717) is 40.5 Å². The van der Waals surface area contributed by atoms with Gasteiger partial charge in [-0.3, -0.25) is 9.69 Å². The van der Waals surface area contributed by atoms with Crippen LogP contribution in [0.1, 0.15) is 27.7 Å². The summed E-state index contributed by atoms with van der Waals surface area (Å²) >= 11 is 1.18. The van der Waals surface area contributed by atoms with Crippen molar-refractivity contribution in [2.75, 3.05) is 66.9 Å². The number of nitrogens with zero attached hydrogens (tertiary/aromatic N) is 5. The van der Waals surface area contributed by atoms with Crippen molar-refractivity contribution >= 4 is 77.0 Å². The van der Waals surface area contributed by atoms with Crippen molar-refractivity contribution in [1.82, 2.24) is 18.8 Å². The second-order valence-electron chi connectivity index (χ2n) is 12.4. The molecule has 0 saturated carbocycles. The number of thiophene rings is 1. The van der Waals surface area contributed by atoms with Gasteiger partial charge in [-0.05, 0) is 62.0 Å². The number of nitrogens with two attached hydrogens (primary N) is 1. The van der Waals surface area contributed by atoms with Crippen LogP contribution in [0.3, 0.4) is 0 Å². The summed E-state index contributed by atoms with van der Waals surface area (Å²) in [4.78, 5) is 26.4. The van der Waals surface area contributed by atoms with Gasteiger partial charge in [-0.1, -0.05) is 17.7 Å². The molecule has 2 aromatic carbocycles. The number of sulfone groups is 1. The predicted molar refractivity (Wildman–Crippen MR) is 201 cm³/mol. The minimum Gasteiger partial charge on any atom is -0.492 e. The van der Waals surface area contributed by atoms with Crippen molar-refractivity contribution in [3.05, 3.63) is 76.1 Å². The summed E-state index contributed by atoms with van der Waals surface area (Å²) in [6.07, 6.45) is 2.68. The number of anilines is 5. The first-order valence-electron chi connectivity index (χ1n) is 16.3. The summed E-state index contributed by atoms with van der Waals surface area (Å²) in [5.74, 6) is 0.428. The number of hydrogen-bond donors (Lipinski definition) is 3. The largest absolute Gasteiger partial charge is 0.492 e. The lowest BCUT2D eigenvalue weighted by Crippen LogP contribution is -2.47. The van der Waals surface area contributed by atoms with Crippen LogP contribution in [-0.4, -0.2) is 92.9 Å². The molecule has 0 spiro atoms. The topological polar surface area (TPSA) is 182 Å². The van der Waals surface area contributed by atoms with E-state index in [4.69, 9.17) is 20.4 Å². The smallest absolute Gasteiger partial charge is 0.269 e. The molecule has 51 heavy (non-hydrogen) atoms. The monoisotopic (exact) mass is 752 g/mol. The zero-order valence-electron chi connectivity index (χ0n) is 28.7. The Morgan fingerprint density at radius 2 is 1.69 bits per heavy atom. The number of amides is 1. The fourth-order valence-electron chi connectivity index (χ4n) is 5.91. The van der Waals surface area contributed by atoms with E-state index >= 15 is 0 Å². The normalized spacial score (nSPS) is 14.2. The number of rotatable bonds is 13. The average molecular weight is 753 g/mol. The maximum absolute atomic E-state index is 13.9. The first-order valence-corrected chi connectivity index (χ1v) is 20.7. The summed E-state index contributed by atoms with van der Waals surface area (Å²) in [5, 5.41) is 8.57. The maximum atomic E-state index is 13.9. The third-order valence-corrected chi connectivity index (χ3v) is 12.1. The lowest BCUT2D eigenvalue weighted by molar-refractivity contribution is 0.100. The van der Waals surface area contributed by atoms with E-state index in [9.17, 15) is 21.6 Å². The van der Waals surface area contributed by atoms with Crippen molar-refractivity contribution in [2.24, 2.45) is 5.73 Å². The standard InChI is InChI=1S/C34H40N8O6S3/c1-5-48-29-21-28(41-15-13-40(14-16-41)17-19-50(4,44)45)23(3)20-27(29)37-34-38-32(36-26-11-18-49-30(26)31(35)43)25-10-12-42(33(25)39-34)51(46,47)24-8-6-22(2)7-9-24/h6-12,18,20-21H,5,13-17,19H2,1-4H3,(H2,35,43)(H2,36,37,38,39). The van der Waals surface area contributed by atoms with Crippen LogP contribution in [0.2, 0.25) is 0 Å².